The minimum atomic E-state index is -0.730. The van der Waals surface area contributed by atoms with Gasteiger partial charge in [0.1, 0.15) is 11.6 Å². The molecular formula is C20H25N5O2. The molecule has 2 aliphatic heterocycles. The van der Waals surface area contributed by atoms with Gasteiger partial charge in [0.05, 0.1) is 0 Å². The Kier molecular flexibility index (Phi) is 4.70. The van der Waals surface area contributed by atoms with E-state index in [0.29, 0.717) is 25.8 Å². The van der Waals surface area contributed by atoms with Crippen molar-refractivity contribution in [3.63, 3.8) is 0 Å². The number of piperidine rings is 1. The van der Waals surface area contributed by atoms with Crippen molar-refractivity contribution in [2.75, 3.05) is 24.5 Å². The molecule has 0 spiro atoms. The van der Waals surface area contributed by atoms with Crippen molar-refractivity contribution in [2.45, 2.75) is 37.8 Å². The van der Waals surface area contributed by atoms with E-state index in [-0.39, 0.29) is 11.8 Å². The quantitative estimate of drug-likeness (QED) is 0.851. The summed E-state index contributed by atoms with van der Waals surface area (Å²) in [5, 5.41) is 10.6. The number of aryl methyl sites for hydroxylation is 1. The first-order valence-corrected chi connectivity index (χ1v) is 9.50. The number of hydrogen-bond acceptors (Lipinski definition) is 4. The zero-order valence-electron chi connectivity index (χ0n) is 15.5. The first-order valence-electron chi connectivity index (χ1n) is 9.50. The van der Waals surface area contributed by atoms with Crippen molar-refractivity contribution in [1.82, 2.24) is 20.4 Å². The molecule has 2 saturated heterocycles. The first kappa shape index (κ1) is 17.7. The number of nitrogens with zero attached hydrogens (tertiary/aromatic N) is 3. The van der Waals surface area contributed by atoms with Crippen LogP contribution in [-0.4, -0.2) is 47.3 Å². The molecule has 4 rings (SSSR count). The van der Waals surface area contributed by atoms with Gasteiger partial charge in [-0.2, -0.15) is 5.10 Å². The van der Waals surface area contributed by atoms with Gasteiger partial charge in [-0.3, -0.25) is 14.3 Å². The first-order chi connectivity index (χ1) is 13.1. The van der Waals surface area contributed by atoms with E-state index in [4.69, 9.17) is 0 Å². The van der Waals surface area contributed by atoms with Gasteiger partial charge < -0.3 is 15.5 Å². The molecule has 7 heteroatoms. The number of carbonyl (C=O) groups excluding carboxylic acids is 2. The number of benzene rings is 1. The van der Waals surface area contributed by atoms with Gasteiger partial charge in [-0.1, -0.05) is 17.7 Å². The topological polar surface area (TPSA) is 79.3 Å². The van der Waals surface area contributed by atoms with Crippen LogP contribution in [0.3, 0.4) is 0 Å². The highest BCUT2D eigenvalue weighted by Gasteiger charge is 2.44. The second-order valence-electron chi connectivity index (χ2n) is 7.37. The van der Waals surface area contributed by atoms with E-state index in [1.807, 2.05) is 43.5 Å². The maximum atomic E-state index is 13.2. The normalized spacial score (nSPS) is 22.0. The summed E-state index contributed by atoms with van der Waals surface area (Å²) in [5.41, 5.74) is 1.31. The van der Waals surface area contributed by atoms with Gasteiger partial charge in [-0.15, -0.1) is 0 Å². The molecule has 142 valence electrons. The Balaban J connectivity index is 1.50. The van der Waals surface area contributed by atoms with Crippen LogP contribution >= 0.6 is 0 Å². The molecule has 2 aliphatic rings. The molecule has 1 aromatic heterocycles. The molecule has 27 heavy (non-hydrogen) atoms. The lowest BCUT2D eigenvalue weighted by atomic mass is 9.87. The minimum absolute atomic E-state index is 0.0447. The van der Waals surface area contributed by atoms with Crippen LogP contribution in [0.25, 0.3) is 0 Å². The largest absolute Gasteiger partial charge is 0.342 e. The Bertz CT molecular complexity index is 809. The van der Waals surface area contributed by atoms with E-state index in [9.17, 15) is 9.59 Å². The van der Waals surface area contributed by atoms with Crippen LogP contribution in [0.15, 0.2) is 42.7 Å². The summed E-state index contributed by atoms with van der Waals surface area (Å²) >= 11 is 0. The van der Waals surface area contributed by atoms with Crippen molar-refractivity contribution >= 4 is 17.5 Å². The van der Waals surface area contributed by atoms with E-state index < -0.39 is 11.6 Å². The third-order valence-electron chi connectivity index (χ3n) is 5.65. The average Bonchev–Trinajstić information content (AvgIpc) is 3.35. The fourth-order valence-electron chi connectivity index (χ4n) is 4.01. The third-order valence-corrected chi connectivity index (χ3v) is 5.65. The summed E-state index contributed by atoms with van der Waals surface area (Å²) in [4.78, 5) is 27.9. The van der Waals surface area contributed by atoms with E-state index >= 15 is 0 Å². The highest BCUT2D eigenvalue weighted by atomic mass is 16.2. The number of amides is 2. The van der Waals surface area contributed by atoms with Crippen molar-refractivity contribution in [2.24, 2.45) is 0 Å². The minimum Gasteiger partial charge on any atom is -0.342 e. The summed E-state index contributed by atoms with van der Waals surface area (Å²) in [7, 11) is 0. The Hall–Kier alpha value is -2.67. The molecule has 7 nitrogen and oxygen atoms in total. The molecule has 0 aliphatic carbocycles. The van der Waals surface area contributed by atoms with Gasteiger partial charge in [0, 0.05) is 24.6 Å². The second-order valence-corrected chi connectivity index (χ2v) is 7.37. The van der Waals surface area contributed by atoms with Crippen LogP contribution in [-0.2, 0) is 15.1 Å². The molecule has 1 atom stereocenters. The number of rotatable bonds is 4. The fourth-order valence-corrected chi connectivity index (χ4v) is 4.01. The lowest BCUT2D eigenvalue weighted by Crippen LogP contribution is -2.57. The molecule has 1 unspecified atom stereocenters. The Morgan fingerprint density at radius 1 is 1.26 bits per heavy atom. The van der Waals surface area contributed by atoms with Gasteiger partial charge in [0.2, 0.25) is 11.8 Å². The molecule has 2 fully saturated rings. The van der Waals surface area contributed by atoms with Crippen molar-refractivity contribution in [3.05, 3.63) is 48.3 Å². The Morgan fingerprint density at radius 2 is 2.00 bits per heavy atom. The van der Waals surface area contributed by atoms with Crippen molar-refractivity contribution in [3.8, 4) is 0 Å². The Morgan fingerprint density at radius 3 is 2.67 bits per heavy atom. The molecule has 3 heterocycles. The van der Waals surface area contributed by atoms with Crippen LogP contribution in [0.5, 0.6) is 0 Å². The van der Waals surface area contributed by atoms with Crippen LogP contribution in [0.1, 0.15) is 24.8 Å². The molecule has 0 bridgehead atoms. The summed E-state index contributed by atoms with van der Waals surface area (Å²) in [6, 6.07) is 9.25. The monoisotopic (exact) mass is 367 g/mol. The van der Waals surface area contributed by atoms with Crippen LogP contribution < -0.4 is 15.5 Å². The van der Waals surface area contributed by atoms with Gasteiger partial charge >= 0.3 is 0 Å². The number of anilines is 1. The summed E-state index contributed by atoms with van der Waals surface area (Å²) in [6.07, 6.45) is 5.45. The number of carbonyl (C=O) groups is 2. The van der Waals surface area contributed by atoms with Crippen LogP contribution in [0, 0.1) is 6.92 Å². The molecule has 1 aromatic carbocycles. The van der Waals surface area contributed by atoms with Gasteiger partial charge in [0.25, 0.3) is 0 Å². The predicted molar refractivity (Wildman–Crippen MR) is 102 cm³/mol. The van der Waals surface area contributed by atoms with Crippen LogP contribution in [0.2, 0.25) is 0 Å². The van der Waals surface area contributed by atoms with E-state index in [0.717, 1.165) is 24.3 Å². The maximum Gasteiger partial charge on any atom is 0.249 e. The summed E-state index contributed by atoms with van der Waals surface area (Å²) in [6.45, 7) is 4.14. The zero-order valence-corrected chi connectivity index (χ0v) is 15.5. The molecule has 2 aromatic rings. The molecule has 2 N–H and O–H groups in total. The summed E-state index contributed by atoms with van der Waals surface area (Å²) < 4.78 is 1.75. The lowest BCUT2D eigenvalue weighted by Gasteiger charge is -2.37. The van der Waals surface area contributed by atoms with Gasteiger partial charge in [-0.25, -0.2) is 0 Å². The smallest absolute Gasteiger partial charge is 0.249 e. The average molecular weight is 367 g/mol. The molecule has 2 amide bonds. The van der Waals surface area contributed by atoms with E-state index in [2.05, 4.69) is 15.7 Å². The van der Waals surface area contributed by atoms with Crippen molar-refractivity contribution in [1.29, 1.82) is 0 Å². The Labute approximate surface area is 158 Å². The van der Waals surface area contributed by atoms with E-state index in [1.165, 1.54) is 0 Å². The molecule has 0 saturated carbocycles. The van der Waals surface area contributed by atoms with Gasteiger partial charge in [-0.05, 0) is 57.5 Å². The van der Waals surface area contributed by atoms with E-state index in [1.54, 1.807) is 15.8 Å². The number of aromatic nitrogens is 2. The predicted octanol–water partition coefficient (Wildman–Crippen LogP) is 1.19. The summed E-state index contributed by atoms with van der Waals surface area (Å²) in [5.74, 6) is -0.159. The molecular weight excluding hydrogens is 342 g/mol. The van der Waals surface area contributed by atoms with Crippen LogP contribution in [0.4, 0.5) is 5.69 Å². The fraction of sp³-hybridized carbons (Fsp3) is 0.450. The number of hydrogen-bond donors (Lipinski definition) is 2. The zero-order chi connectivity index (χ0) is 18.9. The second kappa shape index (κ2) is 7.15. The van der Waals surface area contributed by atoms with Crippen molar-refractivity contribution < 1.29 is 9.59 Å². The lowest BCUT2D eigenvalue weighted by molar-refractivity contribution is -0.135. The van der Waals surface area contributed by atoms with Gasteiger partial charge in [0.15, 0.2) is 0 Å². The highest BCUT2D eigenvalue weighted by Crippen LogP contribution is 2.28. The maximum absolute atomic E-state index is 13.2. The number of nitrogens with one attached hydrogen (secondary N) is 2. The SMILES string of the molecule is Cc1ccc(N2CCC(NC(=O)C3(n4cccn4)CCNCC3)C2=O)cc1. The third kappa shape index (κ3) is 3.23. The molecule has 0 radical (unpaired) electrons. The highest BCUT2D eigenvalue weighted by molar-refractivity contribution is 6.02. The standard InChI is InChI=1S/C20H25N5O2/c1-15-3-5-16(6-4-15)24-14-7-17(18(24)26)23-19(27)20(8-11-21-12-9-20)25-13-2-10-22-25/h2-6,10,13,17,21H,7-9,11-12,14H2,1H3,(H,23,27).